The Bertz CT molecular complexity index is 141. The molecule has 2 rings (SSSR count). The summed E-state index contributed by atoms with van der Waals surface area (Å²) in [5.41, 5.74) is 0. The fourth-order valence-electron chi connectivity index (χ4n) is 1.72. The van der Waals surface area contributed by atoms with E-state index in [1.54, 1.807) is 0 Å². The largest absolute Gasteiger partial charge is 0.374 e. The van der Waals surface area contributed by atoms with Crippen molar-refractivity contribution in [1.29, 1.82) is 0 Å². The molecule has 1 saturated carbocycles. The number of ether oxygens (including phenoxy) is 1. The summed E-state index contributed by atoms with van der Waals surface area (Å²) in [5, 5.41) is 3.35. The first-order valence-electron chi connectivity index (χ1n) is 4.89. The zero-order valence-corrected chi connectivity index (χ0v) is 7.75. The minimum atomic E-state index is 0.421. The first-order chi connectivity index (χ1) is 5.86. The Kier molecular flexibility index (Phi) is 2.63. The SMILES string of the molecule is CN(CC1CNCCO1)C1CC1. The van der Waals surface area contributed by atoms with Gasteiger partial charge in [0, 0.05) is 25.7 Å². The quantitative estimate of drug-likeness (QED) is 0.648. The van der Waals surface area contributed by atoms with E-state index in [1.807, 2.05) is 0 Å². The molecule has 0 bridgehead atoms. The molecule has 1 aliphatic carbocycles. The summed E-state index contributed by atoms with van der Waals surface area (Å²) in [5.74, 6) is 0. The molecule has 1 N–H and O–H groups in total. The van der Waals surface area contributed by atoms with Crippen LogP contribution in [0.3, 0.4) is 0 Å². The maximum Gasteiger partial charge on any atom is 0.0826 e. The summed E-state index contributed by atoms with van der Waals surface area (Å²) in [4.78, 5) is 2.43. The van der Waals surface area contributed by atoms with Gasteiger partial charge in [-0.15, -0.1) is 0 Å². The topological polar surface area (TPSA) is 24.5 Å². The molecule has 1 atom stereocenters. The second kappa shape index (κ2) is 3.73. The Balaban J connectivity index is 1.69. The molecular weight excluding hydrogens is 152 g/mol. The van der Waals surface area contributed by atoms with Crippen LogP contribution in [0.2, 0.25) is 0 Å². The van der Waals surface area contributed by atoms with Gasteiger partial charge in [-0.05, 0) is 19.9 Å². The summed E-state index contributed by atoms with van der Waals surface area (Å²) >= 11 is 0. The Morgan fingerprint density at radius 1 is 1.50 bits per heavy atom. The van der Waals surface area contributed by atoms with Crippen molar-refractivity contribution in [2.75, 3.05) is 33.3 Å². The van der Waals surface area contributed by atoms with Crippen molar-refractivity contribution in [3.8, 4) is 0 Å². The molecule has 0 radical (unpaired) electrons. The molecule has 70 valence electrons. The number of nitrogens with zero attached hydrogens (tertiary/aromatic N) is 1. The van der Waals surface area contributed by atoms with Gasteiger partial charge in [0.15, 0.2) is 0 Å². The lowest BCUT2D eigenvalue weighted by Gasteiger charge is -2.27. The van der Waals surface area contributed by atoms with Gasteiger partial charge >= 0.3 is 0 Å². The first kappa shape index (κ1) is 8.48. The van der Waals surface area contributed by atoms with Gasteiger partial charge in [0.25, 0.3) is 0 Å². The van der Waals surface area contributed by atoms with E-state index in [1.165, 1.54) is 12.8 Å². The first-order valence-corrected chi connectivity index (χ1v) is 4.89. The third-order valence-electron chi connectivity index (χ3n) is 2.67. The molecular formula is C9H18N2O. The Morgan fingerprint density at radius 2 is 2.33 bits per heavy atom. The second-order valence-corrected chi connectivity index (χ2v) is 3.87. The van der Waals surface area contributed by atoms with Crippen molar-refractivity contribution in [3.63, 3.8) is 0 Å². The van der Waals surface area contributed by atoms with Crippen molar-refractivity contribution < 1.29 is 4.74 Å². The lowest BCUT2D eigenvalue weighted by atomic mass is 10.3. The van der Waals surface area contributed by atoms with Crippen LogP contribution >= 0.6 is 0 Å². The molecule has 0 aromatic rings. The van der Waals surface area contributed by atoms with Gasteiger partial charge in [-0.1, -0.05) is 0 Å². The van der Waals surface area contributed by atoms with E-state index in [-0.39, 0.29) is 0 Å². The number of nitrogens with one attached hydrogen (secondary N) is 1. The van der Waals surface area contributed by atoms with Gasteiger partial charge in [0.1, 0.15) is 0 Å². The van der Waals surface area contributed by atoms with Gasteiger partial charge < -0.3 is 15.0 Å². The highest BCUT2D eigenvalue weighted by Crippen LogP contribution is 2.25. The molecule has 1 heterocycles. The van der Waals surface area contributed by atoms with E-state index >= 15 is 0 Å². The smallest absolute Gasteiger partial charge is 0.0826 e. The Labute approximate surface area is 74.1 Å². The van der Waals surface area contributed by atoms with Gasteiger partial charge in [0.2, 0.25) is 0 Å². The summed E-state index contributed by atoms with van der Waals surface area (Å²) in [6, 6.07) is 0.857. The van der Waals surface area contributed by atoms with Crippen LogP contribution in [-0.4, -0.2) is 50.3 Å². The average Bonchev–Trinajstić information content (AvgIpc) is 2.88. The van der Waals surface area contributed by atoms with E-state index in [4.69, 9.17) is 4.74 Å². The van der Waals surface area contributed by atoms with E-state index in [2.05, 4.69) is 17.3 Å². The van der Waals surface area contributed by atoms with Crippen LogP contribution in [-0.2, 0) is 4.74 Å². The van der Waals surface area contributed by atoms with Crippen molar-refractivity contribution in [1.82, 2.24) is 10.2 Å². The van der Waals surface area contributed by atoms with Crippen molar-refractivity contribution in [3.05, 3.63) is 0 Å². The lowest BCUT2D eigenvalue weighted by Crippen LogP contribution is -2.44. The molecule has 12 heavy (non-hydrogen) atoms. The summed E-state index contributed by atoms with van der Waals surface area (Å²) in [7, 11) is 2.20. The number of rotatable bonds is 3. The number of morpholine rings is 1. The molecule has 0 aromatic heterocycles. The monoisotopic (exact) mass is 170 g/mol. The highest BCUT2D eigenvalue weighted by molar-refractivity contribution is 4.84. The maximum absolute atomic E-state index is 5.62. The summed E-state index contributed by atoms with van der Waals surface area (Å²) in [6.45, 7) is 4.02. The zero-order chi connectivity index (χ0) is 8.39. The number of likely N-dealkylation sites (N-methyl/N-ethyl adjacent to an activating group) is 1. The van der Waals surface area contributed by atoms with E-state index in [0.29, 0.717) is 6.10 Å². The van der Waals surface area contributed by atoms with Gasteiger partial charge in [-0.3, -0.25) is 0 Å². The molecule has 2 fully saturated rings. The van der Waals surface area contributed by atoms with Gasteiger partial charge in [0.05, 0.1) is 12.7 Å². The van der Waals surface area contributed by atoms with Crippen LogP contribution in [0.4, 0.5) is 0 Å². The Hall–Kier alpha value is -0.120. The minimum Gasteiger partial charge on any atom is -0.374 e. The normalized spacial score (nSPS) is 31.0. The predicted octanol–water partition coefficient (Wildman–Crippen LogP) is 0.0690. The van der Waals surface area contributed by atoms with E-state index in [0.717, 1.165) is 32.3 Å². The van der Waals surface area contributed by atoms with Crippen LogP contribution in [0.15, 0.2) is 0 Å². The highest BCUT2D eigenvalue weighted by atomic mass is 16.5. The van der Waals surface area contributed by atoms with Gasteiger partial charge in [-0.2, -0.15) is 0 Å². The summed E-state index contributed by atoms with van der Waals surface area (Å²) < 4.78 is 5.62. The zero-order valence-electron chi connectivity index (χ0n) is 7.75. The highest BCUT2D eigenvalue weighted by Gasteiger charge is 2.28. The molecule has 2 aliphatic rings. The van der Waals surface area contributed by atoms with E-state index < -0.39 is 0 Å². The molecule has 3 heteroatoms. The van der Waals surface area contributed by atoms with Crippen LogP contribution in [0, 0.1) is 0 Å². The van der Waals surface area contributed by atoms with Crippen LogP contribution in [0.1, 0.15) is 12.8 Å². The molecule has 1 saturated heterocycles. The fourth-order valence-corrected chi connectivity index (χ4v) is 1.72. The molecule has 1 unspecified atom stereocenters. The third kappa shape index (κ3) is 2.19. The molecule has 3 nitrogen and oxygen atoms in total. The summed E-state index contributed by atoms with van der Waals surface area (Å²) in [6.07, 6.45) is 3.19. The van der Waals surface area contributed by atoms with Crippen LogP contribution in [0.25, 0.3) is 0 Å². The lowest BCUT2D eigenvalue weighted by molar-refractivity contribution is 0.00877. The van der Waals surface area contributed by atoms with Crippen molar-refractivity contribution in [2.45, 2.75) is 25.0 Å². The van der Waals surface area contributed by atoms with Crippen molar-refractivity contribution in [2.24, 2.45) is 0 Å². The predicted molar refractivity (Wildman–Crippen MR) is 48.3 cm³/mol. The van der Waals surface area contributed by atoms with Crippen LogP contribution in [0.5, 0.6) is 0 Å². The Morgan fingerprint density at radius 3 is 2.92 bits per heavy atom. The maximum atomic E-state index is 5.62. The second-order valence-electron chi connectivity index (χ2n) is 3.87. The fraction of sp³-hybridized carbons (Fsp3) is 1.00. The molecule has 0 aromatic carbocycles. The molecule has 0 amide bonds. The average molecular weight is 170 g/mol. The number of hydrogen-bond acceptors (Lipinski definition) is 3. The third-order valence-corrected chi connectivity index (χ3v) is 2.67. The number of hydrogen-bond donors (Lipinski definition) is 1. The molecule has 1 aliphatic heterocycles. The minimum absolute atomic E-state index is 0.421. The van der Waals surface area contributed by atoms with Gasteiger partial charge in [-0.25, -0.2) is 0 Å². The molecule has 0 spiro atoms. The van der Waals surface area contributed by atoms with Crippen molar-refractivity contribution >= 4 is 0 Å². The van der Waals surface area contributed by atoms with E-state index in [9.17, 15) is 0 Å². The standard InChI is InChI=1S/C9H18N2O/c1-11(8-2-3-8)7-9-6-10-4-5-12-9/h8-10H,2-7H2,1H3. The van der Waals surface area contributed by atoms with Crippen LogP contribution < -0.4 is 5.32 Å².